The standard InChI is InChI=1S/C22H22N2O5/c1-29-19-13-15(23-21(26)16-9-5-6-10-17(16)22(27)28)11-12-18(19)24-20(25)14-7-3-2-4-8-14/h2-8,11-13,16-17H,9-10H2,1H3,(H,23,26)(H,24,25)(H,27,28)/p-1/t16-,17+/m1/s1. The minimum absolute atomic E-state index is 0.272. The van der Waals surface area contributed by atoms with Crippen LogP contribution in [0.15, 0.2) is 60.7 Å². The van der Waals surface area contributed by atoms with Crippen LogP contribution in [-0.2, 0) is 9.59 Å². The van der Waals surface area contributed by atoms with Gasteiger partial charge in [0, 0.05) is 29.2 Å². The van der Waals surface area contributed by atoms with Gasteiger partial charge in [0.15, 0.2) is 0 Å². The van der Waals surface area contributed by atoms with Gasteiger partial charge in [0.25, 0.3) is 5.91 Å². The van der Waals surface area contributed by atoms with Gasteiger partial charge in [-0.1, -0.05) is 30.4 Å². The summed E-state index contributed by atoms with van der Waals surface area (Å²) >= 11 is 0. The fourth-order valence-corrected chi connectivity index (χ4v) is 3.26. The summed E-state index contributed by atoms with van der Waals surface area (Å²) in [6, 6.07) is 13.6. The Bertz CT molecular complexity index is 939. The van der Waals surface area contributed by atoms with Gasteiger partial charge in [0.1, 0.15) is 5.75 Å². The first-order chi connectivity index (χ1) is 14.0. The number of ether oxygens (including phenoxy) is 1. The third-order valence-corrected chi connectivity index (χ3v) is 4.83. The number of amides is 2. The third kappa shape index (κ3) is 4.82. The Hall–Kier alpha value is -3.61. The van der Waals surface area contributed by atoms with Crippen molar-refractivity contribution in [3.8, 4) is 5.75 Å². The molecule has 150 valence electrons. The van der Waals surface area contributed by atoms with E-state index in [9.17, 15) is 19.5 Å². The number of carboxylic acid groups (broad SMARTS) is 1. The van der Waals surface area contributed by atoms with Crippen molar-refractivity contribution in [3.05, 3.63) is 66.2 Å². The van der Waals surface area contributed by atoms with Crippen LogP contribution >= 0.6 is 0 Å². The lowest BCUT2D eigenvalue weighted by molar-refractivity contribution is -0.313. The molecule has 3 rings (SSSR count). The summed E-state index contributed by atoms with van der Waals surface area (Å²) in [5.74, 6) is -3.10. The van der Waals surface area contributed by atoms with Crippen LogP contribution < -0.4 is 20.5 Å². The second kappa shape index (κ2) is 9.05. The van der Waals surface area contributed by atoms with Crippen LogP contribution in [-0.4, -0.2) is 24.9 Å². The van der Waals surface area contributed by atoms with Gasteiger partial charge in [-0.15, -0.1) is 0 Å². The number of aliphatic carboxylic acids is 1. The van der Waals surface area contributed by atoms with E-state index in [1.807, 2.05) is 6.07 Å². The molecule has 0 heterocycles. The molecule has 0 radical (unpaired) electrons. The molecule has 0 fully saturated rings. The van der Waals surface area contributed by atoms with Crippen molar-refractivity contribution < 1.29 is 24.2 Å². The molecule has 0 saturated carbocycles. The van der Waals surface area contributed by atoms with Crippen molar-refractivity contribution in [2.24, 2.45) is 11.8 Å². The SMILES string of the molecule is COc1cc(NC(=O)[C@@H]2CC=CC[C@@H]2C(=O)[O-])ccc1NC(=O)c1ccccc1. The van der Waals surface area contributed by atoms with E-state index in [1.165, 1.54) is 7.11 Å². The van der Waals surface area contributed by atoms with Gasteiger partial charge in [-0.2, -0.15) is 0 Å². The molecule has 7 nitrogen and oxygen atoms in total. The topological polar surface area (TPSA) is 108 Å². The average molecular weight is 393 g/mol. The number of hydrogen-bond acceptors (Lipinski definition) is 5. The van der Waals surface area contributed by atoms with Gasteiger partial charge >= 0.3 is 0 Å². The number of allylic oxidation sites excluding steroid dienone is 2. The molecule has 0 aromatic heterocycles. The highest BCUT2D eigenvalue weighted by Crippen LogP contribution is 2.30. The number of methoxy groups -OCH3 is 1. The molecule has 0 unspecified atom stereocenters. The largest absolute Gasteiger partial charge is 0.550 e. The lowest BCUT2D eigenvalue weighted by Crippen LogP contribution is -2.41. The van der Waals surface area contributed by atoms with Gasteiger partial charge in [-0.3, -0.25) is 9.59 Å². The van der Waals surface area contributed by atoms with E-state index in [4.69, 9.17) is 4.74 Å². The molecule has 2 aromatic rings. The Morgan fingerprint density at radius 2 is 1.66 bits per heavy atom. The van der Waals surface area contributed by atoms with E-state index in [0.29, 0.717) is 29.1 Å². The number of carboxylic acids is 1. The summed E-state index contributed by atoms with van der Waals surface area (Å²) in [5, 5.41) is 16.8. The summed E-state index contributed by atoms with van der Waals surface area (Å²) in [5.41, 5.74) is 1.40. The number of hydrogen-bond donors (Lipinski definition) is 2. The van der Waals surface area contributed by atoms with Crippen molar-refractivity contribution in [2.75, 3.05) is 17.7 Å². The maximum absolute atomic E-state index is 12.6. The first-order valence-corrected chi connectivity index (χ1v) is 9.20. The highest BCUT2D eigenvalue weighted by Gasteiger charge is 2.30. The molecule has 29 heavy (non-hydrogen) atoms. The van der Waals surface area contributed by atoms with Gasteiger partial charge in [0.2, 0.25) is 5.91 Å². The third-order valence-electron chi connectivity index (χ3n) is 4.83. The van der Waals surface area contributed by atoms with Crippen molar-refractivity contribution in [3.63, 3.8) is 0 Å². The van der Waals surface area contributed by atoms with Crippen molar-refractivity contribution in [1.29, 1.82) is 0 Å². The number of anilines is 2. The van der Waals surface area contributed by atoms with Crippen LogP contribution in [0.4, 0.5) is 11.4 Å². The fraction of sp³-hybridized carbons (Fsp3) is 0.227. The molecule has 2 amide bonds. The van der Waals surface area contributed by atoms with Crippen LogP contribution in [0.25, 0.3) is 0 Å². The Morgan fingerprint density at radius 1 is 0.966 bits per heavy atom. The molecular weight excluding hydrogens is 372 g/mol. The molecule has 1 aliphatic rings. The quantitative estimate of drug-likeness (QED) is 0.732. The van der Waals surface area contributed by atoms with Crippen molar-refractivity contribution >= 4 is 29.2 Å². The summed E-state index contributed by atoms with van der Waals surface area (Å²) in [6.07, 6.45) is 4.16. The Labute approximate surface area is 168 Å². The monoisotopic (exact) mass is 393 g/mol. The van der Waals surface area contributed by atoms with E-state index in [1.54, 1.807) is 54.6 Å². The predicted molar refractivity (Wildman–Crippen MR) is 106 cm³/mol. The molecule has 7 heteroatoms. The molecular formula is C22H21N2O5-. The van der Waals surface area contributed by atoms with Gasteiger partial charge < -0.3 is 25.3 Å². The Kier molecular flexibility index (Phi) is 6.29. The highest BCUT2D eigenvalue weighted by atomic mass is 16.5. The first-order valence-electron chi connectivity index (χ1n) is 9.20. The minimum Gasteiger partial charge on any atom is -0.550 e. The molecule has 2 N–H and O–H groups in total. The summed E-state index contributed by atoms with van der Waals surface area (Å²) in [6.45, 7) is 0. The highest BCUT2D eigenvalue weighted by molar-refractivity contribution is 6.05. The normalized spacial score (nSPS) is 18.0. The lowest BCUT2D eigenvalue weighted by atomic mass is 9.82. The zero-order chi connectivity index (χ0) is 20.8. The second-order valence-electron chi connectivity index (χ2n) is 6.70. The zero-order valence-corrected chi connectivity index (χ0v) is 15.9. The number of rotatable bonds is 6. The Balaban J connectivity index is 1.73. The number of benzene rings is 2. The van der Waals surface area contributed by atoms with Crippen molar-refractivity contribution in [1.82, 2.24) is 0 Å². The predicted octanol–water partition coefficient (Wildman–Crippen LogP) is 2.22. The van der Waals surface area contributed by atoms with Gasteiger partial charge in [-0.05, 0) is 37.1 Å². The minimum atomic E-state index is -1.23. The van der Waals surface area contributed by atoms with Crippen LogP contribution in [0.2, 0.25) is 0 Å². The maximum Gasteiger partial charge on any atom is 0.255 e. The number of carbonyl (C=O) groups is 3. The smallest absolute Gasteiger partial charge is 0.255 e. The summed E-state index contributed by atoms with van der Waals surface area (Å²) < 4.78 is 5.33. The van der Waals surface area contributed by atoms with Crippen LogP contribution in [0.5, 0.6) is 5.75 Å². The van der Waals surface area contributed by atoms with Gasteiger partial charge in [-0.25, -0.2) is 0 Å². The molecule has 0 aliphatic heterocycles. The lowest BCUT2D eigenvalue weighted by Gasteiger charge is -2.28. The Morgan fingerprint density at radius 3 is 2.31 bits per heavy atom. The number of carbonyl (C=O) groups excluding carboxylic acids is 3. The fourth-order valence-electron chi connectivity index (χ4n) is 3.26. The van der Waals surface area contributed by atoms with Crippen molar-refractivity contribution in [2.45, 2.75) is 12.8 Å². The maximum atomic E-state index is 12.6. The zero-order valence-electron chi connectivity index (χ0n) is 15.9. The van der Waals surface area contributed by atoms with Crippen LogP contribution in [0, 0.1) is 11.8 Å². The summed E-state index contributed by atoms with van der Waals surface area (Å²) in [7, 11) is 1.46. The molecule has 2 atom stereocenters. The summed E-state index contributed by atoms with van der Waals surface area (Å²) in [4.78, 5) is 36.2. The van der Waals surface area contributed by atoms with Gasteiger partial charge in [0.05, 0.1) is 18.7 Å². The molecule has 0 spiro atoms. The molecule has 1 aliphatic carbocycles. The van der Waals surface area contributed by atoms with E-state index < -0.39 is 23.7 Å². The first kappa shape index (κ1) is 20.1. The molecule has 2 aromatic carbocycles. The van der Waals surface area contributed by atoms with E-state index in [0.717, 1.165) is 0 Å². The molecule has 0 bridgehead atoms. The second-order valence-corrected chi connectivity index (χ2v) is 6.70. The van der Waals surface area contributed by atoms with E-state index in [2.05, 4.69) is 10.6 Å². The van der Waals surface area contributed by atoms with E-state index >= 15 is 0 Å². The van der Waals surface area contributed by atoms with Crippen LogP contribution in [0.1, 0.15) is 23.2 Å². The average Bonchev–Trinajstić information content (AvgIpc) is 2.75. The number of nitrogens with one attached hydrogen (secondary N) is 2. The molecule has 0 saturated heterocycles. The van der Waals surface area contributed by atoms with Crippen LogP contribution in [0.3, 0.4) is 0 Å². The van der Waals surface area contributed by atoms with E-state index in [-0.39, 0.29) is 12.3 Å².